The minimum atomic E-state index is -0.949. The smallest absolute Gasteiger partial charge is 0.309 e. The molecule has 0 aliphatic carbocycles. The van der Waals surface area contributed by atoms with E-state index in [0.29, 0.717) is 18.0 Å². The predicted molar refractivity (Wildman–Crippen MR) is 174 cm³/mol. The average molecular weight is 601 g/mol. The Balaban J connectivity index is 1.61. The number of rotatable bonds is 9. The zero-order valence-corrected chi connectivity index (χ0v) is 26.5. The van der Waals surface area contributed by atoms with Gasteiger partial charge in [-0.2, -0.15) is 0 Å². The Labute approximate surface area is 256 Å². The maximum Gasteiger partial charge on any atom is 0.309 e. The van der Waals surface area contributed by atoms with Crippen molar-refractivity contribution < 1.29 is 14.6 Å². The van der Waals surface area contributed by atoms with E-state index in [9.17, 15) is 9.90 Å². The molecule has 3 aromatic carbocycles. The molecule has 1 N–H and O–H groups in total. The predicted octanol–water partition coefficient (Wildman–Crippen LogP) is 9.58. The summed E-state index contributed by atoms with van der Waals surface area (Å²) in [7, 11) is 0. The summed E-state index contributed by atoms with van der Waals surface area (Å²) in [6.45, 7) is 12.7. The summed E-state index contributed by atoms with van der Waals surface area (Å²) in [5.74, 6) is -0.0772. The number of para-hydroxylation sites is 1. The fraction of sp³-hybridized carbons (Fsp3) is 0.314. The monoisotopic (exact) mass is 600 g/mol. The van der Waals surface area contributed by atoms with Crippen LogP contribution in [0.15, 0.2) is 83.8 Å². The van der Waals surface area contributed by atoms with E-state index >= 15 is 0 Å². The van der Waals surface area contributed by atoms with Crippen molar-refractivity contribution in [3.63, 3.8) is 0 Å². The first kappa shape index (κ1) is 30.0. The van der Waals surface area contributed by atoms with E-state index in [1.807, 2.05) is 61.5 Å². The fourth-order valence-corrected chi connectivity index (χ4v) is 6.36. The first-order valence-corrected chi connectivity index (χ1v) is 15.3. The second-order valence-corrected chi connectivity index (χ2v) is 14.7. The van der Waals surface area contributed by atoms with Crippen LogP contribution in [-0.2, 0) is 17.8 Å². The summed E-state index contributed by atoms with van der Waals surface area (Å²) in [4.78, 5) is 18.2. The number of carboxylic acid groups (broad SMARTS) is 1. The van der Waals surface area contributed by atoms with Gasteiger partial charge < -0.3 is 14.4 Å². The third-order valence-electron chi connectivity index (χ3n) is 7.29. The number of thioether (sulfide) groups is 1. The summed E-state index contributed by atoms with van der Waals surface area (Å²) >= 11 is 7.94. The lowest BCUT2D eigenvalue weighted by Crippen LogP contribution is -2.28. The van der Waals surface area contributed by atoms with Crippen LogP contribution < -0.4 is 4.74 Å². The van der Waals surface area contributed by atoms with Crippen molar-refractivity contribution in [2.45, 2.75) is 70.3 Å². The van der Waals surface area contributed by atoms with Crippen LogP contribution in [0.25, 0.3) is 21.8 Å². The number of aromatic nitrogens is 2. The number of nitrogens with zero attached hydrogens (tertiary/aromatic N) is 2. The van der Waals surface area contributed by atoms with Crippen LogP contribution in [0.4, 0.5) is 0 Å². The largest absolute Gasteiger partial charge is 0.484 e. The molecule has 7 heteroatoms. The van der Waals surface area contributed by atoms with E-state index in [1.54, 1.807) is 25.6 Å². The van der Waals surface area contributed by atoms with E-state index in [2.05, 4.69) is 49.6 Å². The first-order chi connectivity index (χ1) is 19.8. The van der Waals surface area contributed by atoms with Gasteiger partial charge in [-0.25, -0.2) is 4.98 Å². The molecule has 0 radical (unpaired) electrons. The van der Waals surface area contributed by atoms with Crippen molar-refractivity contribution >= 4 is 51.1 Å². The summed E-state index contributed by atoms with van der Waals surface area (Å²) in [6.07, 6.45) is 0.128. The highest BCUT2D eigenvalue weighted by Crippen LogP contribution is 2.44. The van der Waals surface area contributed by atoms with E-state index in [0.717, 1.165) is 49.4 Å². The highest BCUT2D eigenvalue weighted by atomic mass is 35.5. The molecular formula is C35H37ClN2O3S. The molecule has 0 aliphatic rings. The van der Waals surface area contributed by atoms with E-state index in [-0.39, 0.29) is 10.9 Å². The molecular weight excluding hydrogens is 564 g/mol. The summed E-state index contributed by atoms with van der Waals surface area (Å²) < 4.78 is 8.64. The maximum atomic E-state index is 12.3. The Morgan fingerprint density at radius 1 is 1.00 bits per heavy atom. The van der Waals surface area contributed by atoms with Gasteiger partial charge in [0.1, 0.15) is 11.9 Å². The van der Waals surface area contributed by atoms with Crippen molar-refractivity contribution in [2.75, 3.05) is 0 Å². The minimum Gasteiger partial charge on any atom is -0.484 e. The lowest BCUT2D eigenvalue weighted by molar-refractivity contribution is -0.146. The van der Waals surface area contributed by atoms with Gasteiger partial charge in [-0.1, -0.05) is 68.8 Å². The van der Waals surface area contributed by atoms with Crippen molar-refractivity contribution in [3.8, 4) is 5.75 Å². The zero-order valence-electron chi connectivity index (χ0n) is 24.9. The number of pyridine rings is 1. The molecule has 2 aromatic heterocycles. The van der Waals surface area contributed by atoms with Crippen molar-refractivity contribution in [1.82, 2.24) is 9.55 Å². The van der Waals surface area contributed by atoms with Crippen LogP contribution in [0.1, 0.15) is 64.6 Å². The van der Waals surface area contributed by atoms with Crippen molar-refractivity contribution in [1.29, 1.82) is 0 Å². The van der Waals surface area contributed by atoms with Gasteiger partial charge in [0.05, 0.1) is 16.6 Å². The molecule has 218 valence electrons. The molecule has 0 amide bonds. The third kappa shape index (κ3) is 6.61. The Bertz CT molecular complexity index is 1750. The molecule has 0 saturated carbocycles. The molecule has 5 nitrogen and oxygen atoms in total. The molecule has 42 heavy (non-hydrogen) atoms. The number of carbonyl (C=O) groups is 1. The van der Waals surface area contributed by atoms with Gasteiger partial charge in [0, 0.05) is 49.6 Å². The summed E-state index contributed by atoms with van der Waals surface area (Å²) in [5, 5.41) is 12.9. The van der Waals surface area contributed by atoms with Crippen LogP contribution in [0.5, 0.6) is 5.75 Å². The molecule has 0 spiro atoms. The number of hydrogen-bond donors (Lipinski definition) is 1. The minimum absolute atomic E-state index is 0.0966. The van der Waals surface area contributed by atoms with Crippen LogP contribution in [0.2, 0.25) is 5.02 Å². The van der Waals surface area contributed by atoms with Gasteiger partial charge in [-0.3, -0.25) is 4.79 Å². The Hall–Kier alpha value is -3.48. The third-order valence-corrected chi connectivity index (χ3v) is 8.82. The molecule has 0 aliphatic heterocycles. The number of ether oxygens (including phenoxy) is 1. The SMILES string of the molecule is C[C@H](Oc1ccc2c(c1)c(SC(C)(C)C)c(CC(C)(C)C(=O)O)n2Cc1ccc(Cl)cc1)c1ccc2ccccc2n1. The molecule has 0 fully saturated rings. The standard InChI is InChI=1S/C35H37ClN2O3S/c1-22(28-17-13-24-9-7-8-10-29(24)37-28)41-26-16-18-30-27(19-26)32(42-34(2,3)4)31(20-35(5,6)33(39)40)38(30)21-23-11-14-25(36)15-12-23/h7-19,22H,20-21H2,1-6H3,(H,39,40)/t22-/m0/s1. The Morgan fingerprint density at radius 3 is 2.40 bits per heavy atom. The number of fused-ring (bicyclic) bond motifs is 2. The van der Waals surface area contributed by atoms with Crippen LogP contribution in [0.3, 0.4) is 0 Å². The van der Waals surface area contributed by atoms with Gasteiger partial charge in [-0.15, -0.1) is 11.8 Å². The van der Waals surface area contributed by atoms with Crippen molar-refractivity contribution in [2.24, 2.45) is 5.41 Å². The van der Waals surface area contributed by atoms with E-state index in [4.69, 9.17) is 21.3 Å². The lowest BCUT2D eigenvalue weighted by Gasteiger charge is -2.24. The lowest BCUT2D eigenvalue weighted by atomic mass is 9.88. The van der Waals surface area contributed by atoms with Crippen LogP contribution in [-0.4, -0.2) is 25.4 Å². The molecule has 2 heterocycles. The molecule has 5 rings (SSSR count). The number of carboxylic acids is 1. The van der Waals surface area contributed by atoms with Crippen LogP contribution in [0, 0.1) is 5.41 Å². The second-order valence-electron chi connectivity index (χ2n) is 12.4. The van der Waals surface area contributed by atoms with E-state index in [1.165, 1.54) is 0 Å². The highest BCUT2D eigenvalue weighted by Gasteiger charge is 2.33. The Morgan fingerprint density at radius 2 is 1.71 bits per heavy atom. The highest BCUT2D eigenvalue weighted by molar-refractivity contribution is 8.00. The van der Waals surface area contributed by atoms with Gasteiger partial charge in [0.15, 0.2) is 0 Å². The topological polar surface area (TPSA) is 64.3 Å². The van der Waals surface area contributed by atoms with Gasteiger partial charge >= 0.3 is 5.97 Å². The molecule has 0 unspecified atom stereocenters. The first-order valence-electron chi connectivity index (χ1n) is 14.1. The van der Waals surface area contributed by atoms with E-state index < -0.39 is 11.4 Å². The van der Waals surface area contributed by atoms with Crippen molar-refractivity contribution in [3.05, 3.63) is 101 Å². The number of aliphatic carboxylic acids is 1. The van der Waals surface area contributed by atoms with Gasteiger partial charge in [0.2, 0.25) is 0 Å². The molecule has 0 bridgehead atoms. The normalized spacial score (nSPS) is 13.0. The quantitative estimate of drug-likeness (QED) is 0.171. The maximum absolute atomic E-state index is 12.3. The number of hydrogen-bond acceptors (Lipinski definition) is 4. The molecule has 0 saturated heterocycles. The average Bonchev–Trinajstić information content (AvgIpc) is 3.19. The molecule has 5 aromatic rings. The summed E-state index contributed by atoms with van der Waals surface area (Å²) in [6, 6.07) is 26.2. The van der Waals surface area contributed by atoms with Gasteiger partial charge in [-0.05, 0) is 68.8 Å². The summed E-state index contributed by atoms with van der Waals surface area (Å²) in [5.41, 5.74) is 3.99. The molecule has 1 atom stereocenters. The van der Waals surface area contributed by atoms with Crippen LogP contribution >= 0.6 is 23.4 Å². The number of benzene rings is 3. The second kappa shape index (κ2) is 11.7. The Kier molecular flexibility index (Phi) is 8.32. The number of halogens is 1. The zero-order chi connectivity index (χ0) is 30.2. The fourth-order valence-electron chi connectivity index (χ4n) is 5.04. The van der Waals surface area contributed by atoms with Gasteiger partial charge in [0.25, 0.3) is 0 Å².